The van der Waals surface area contributed by atoms with Crippen LogP contribution in [0.25, 0.3) is 0 Å². The molecule has 1 amide bonds. The summed E-state index contributed by atoms with van der Waals surface area (Å²) in [5, 5.41) is 13.2. The summed E-state index contributed by atoms with van der Waals surface area (Å²) < 4.78 is 1.00. The van der Waals surface area contributed by atoms with Crippen LogP contribution >= 0.6 is 27.3 Å². The molecule has 0 aliphatic heterocycles. The van der Waals surface area contributed by atoms with E-state index in [1.165, 1.54) is 0 Å². The molecule has 0 unspecified atom stereocenters. The van der Waals surface area contributed by atoms with E-state index < -0.39 is 5.54 Å². The molecule has 1 aromatic rings. The van der Waals surface area contributed by atoms with Gasteiger partial charge in [0.2, 0.25) is 5.91 Å². The molecule has 3 nitrogen and oxygen atoms in total. The van der Waals surface area contributed by atoms with Gasteiger partial charge in [-0.25, -0.2) is 0 Å². The Balaban J connectivity index is 2.76. The number of nitrogens with one attached hydrogen (secondary N) is 1. The number of nitriles is 1. The highest BCUT2D eigenvalue weighted by Gasteiger charge is 2.24. The van der Waals surface area contributed by atoms with Gasteiger partial charge in [-0.15, -0.1) is 11.3 Å². The molecule has 5 heteroatoms. The van der Waals surface area contributed by atoms with Gasteiger partial charge in [-0.3, -0.25) is 4.79 Å². The monoisotopic (exact) mass is 286 g/mol. The largest absolute Gasteiger partial charge is 0.345 e. The standard InChI is InChI=1S/C10H11BrN2OS/c1-10(2,13-9(14)3-4-12)8-5-7(11)6-15-8/h5-6H,3H2,1-2H3,(H,13,14). The maximum Gasteiger partial charge on any atom is 0.234 e. The average molecular weight is 287 g/mol. The zero-order valence-corrected chi connectivity index (χ0v) is 10.9. The predicted molar refractivity (Wildman–Crippen MR) is 63.4 cm³/mol. The van der Waals surface area contributed by atoms with Crippen molar-refractivity contribution in [1.29, 1.82) is 5.26 Å². The minimum absolute atomic E-state index is 0.101. The first-order chi connectivity index (χ1) is 6.95. The molecule has 1 heterocycles. The summed E-state index contributed by atoms with van der Waals surface area (Å²) in [5.41, 5.74) is -0.426. The van der Waals surface area contributed by atoms with Gasteiger partial charge in [0.25, 0.3) is 0 Å². The minimum atomic E-state index is -0.426. The number of hydrogen-bond acceptors (Lipinski definition) is 3. The van der Waals surface area contributed by atoms with Crippen LogP contribution in [0.4, 0.5) is 0 Å². The third-order valence-electron chi connectivity index (χ3n) is 1.87. The molecule has 0 bridgehead atoms. The van der Waals surface area contributed by atoms with E-state index >= 15 is 0 Å². The van der Waals surface area contributed by atoms with Gasteiger partial charge in [-0.1, -0.05) is 0 Å². The molecule has 1 aromatic heterocycles. The molecule has 0 fully saturated rings. The van der Waals surface area contributed by atoms with Crippen molar-refractivity contribution in [3.8, 4) is 6.07 Å². The molecule has 0 saturated carbocycles. The Morgan fingerprint density at radius 3 is 2.87 bits per heavy atom. The summed E-state index contributed by atoms with van der Waals surface area (Å²) in [6, 6.07) is 3.80. The highest BCUT2D eigenvalue weighted by Crippen LogP contribution is 2.29. The molecule has 0 saturated heterocycles. The summed E-state index contributed by atoms with van der Waals surface area (Å²) in [6.07, 6.45) is -0.101. The van der Waals surface area contributed by atoms with Crippen LogP contribution < -0.4 is 5.32 Å². The van der Waals surface area contributed by atoms with Crippen molar-refractivity contribution in [2.45, 2.75) is 25.8 Å². The lowest BCUT2D eigenvalue weighted by Crippen LogP contribution is -2.40. The fraction of sp³-hybridized carbons (Fsp3) is 0.400. The SMILES string of the molecule is CC(C)(NC(=O)CC#N)c1cc(Br)cs1. The van der Waals surface area contributed by atoms with Crippen LogP contribution in [0.15, 0.2) is 15.9 Å². The van der Waals surface area contributed by atoms with Crippen molar-refractivity contribution in [2.75, 3.05) is 0 Å². The fourth-order valence-corrected chi connectivity index (χ4v) is 2.68. The van der Waals surface area contributed by atoms with Crippen molar-refractivity contribution in [3.63, 3.8) is 0 Å². The number of thiophene rings is 1. The summed E-state index contributed by atoms with van der Waals surface area (Å²) in [4.78, 5) is 12.4. The van der Waals surface area contributed by atoms with Crippen molar-refractivity contribution in [3.05, 3.63) is 20.8 Å². The molecule has 1 N–H and O–H groups in total. The van der Waals surface area contributed by atoms with E-state index in [0.717, 1.165) is 9.35 Å². The normalized spacial score (nSPS) is 10.8. The van der Waals surface area contributed by atoms with E-state index in [2.05, 4.69) is 21.2 Å². The highest BCUT2D eigenvalue weighted by atomic mass is 79.9. The number of carbonyl (C=O) groups is 1. The first-order valence-corrected chi connectivity index (χ1v) is 6.05. The van der Waals surface area contributed by atoms with Crippen LogP contribution in [0, 0.1) is 11.3 Å². The predicted octanol–water partition coefficient (Wildman–Crippen LogP) is 2.78. The highest BCUT2D eigenvalue weighted by molar-refractivity contribution is 9.10. The molecule has 0 spiro atoms. The van der Waals surface area contributed by atoms with Crippen molar-refractivity contribution >= 4 is 33.2 Å². The molecule has 0 radical (unpaired) electrons. The Morgan fingerprint density at radius 1 is 1.73 bits per heavy atom. The lowest BCUT2D eigenvalue weighted by molar-refractivity contribution is -0.121. The fourth-order valence-electron chi connectivity index (χ4n) is 1.17. The van der Waals surface area contributed by atoms with Gasteiger partial charge in [-0.2, -0.15) is 5.26 Å². The second-order valence-corrected chi connectivity index (χ2v) is 5.46. The number of rotatable bonds is 3. The summed E-state index contributed by atoms with van der Waals surface area (Å²) in [7, 11) is 0. The average Bonchev–Trinajstić information content (AvgIpc) is 2.51. The number of carbonyl (C=O) groups excluding carboxylic acids is 1. The quantitative estimate of drug-likeness (QED) is 0.929. The van der Waals surface area contributed by atoms with E-state index in [4.69, 9.17) is 5.26 Å². The van der Waals surface area contributed by atoms with Gasteiger partial charge in [0, 0.05) is 14.7 Å². The molecule has 0 aliphatic rings. The Bertz CT molecular complexity index is 406. The van der Waals surface area contributed by atoms with Crippen LogP contribution in [-0.2, 0) is 10.3 Å². The van der Waals surface area contributed by atoms with E-state index in [-0.39, 0.29) is 12.3 Å². The van der Waals surface area contributed by atoms with E-state index in [1.807, 2.05) is 31.4 Å². The third-order valence-corrected chi connectivity index (χ3v) is 3.89. The lowest BCUT2D eigenvalue weighted by atomic mass is 10.0. The van der Waals surface area contributed by atoms with Gasteiger partial charge >= 0.3 is 0 Å². The van der Waals surface area contributed by atoms with Gasteiger partial charge in [0.1, 0.15) is 6.42 Å². The topological polar surface area (TPSA) is 52.9 Å². The van der Waals surface area contributed by atoms with E-state index in [9.17, 15) is 4.79 Å². The minimum Gasteiger partial charge on any atom is -0.345 e. The van der Waals surface area contributed by atoms with Crippen LogP contribution in [0.5, 0.6) is 0 Å². The Morgan fingerprint density at radius 2 is 2.40 bits per heavy atom. The van der Waals surface area contributed by atoms with E-state index in [1.54, 1.807) is 11.3 Å². The second kappa shape index (κ2) is 4.77. The van der Waals surface area contributed by atoms with Gasteiger partial charge in [0.15, 0.2) is 0 Å². The van der Waals surface area contributed by atoms with Gasteiger partial charge in [-0.05, 0) is 35.8 Å². The lowest BCUT2D eigenvalue weighted by Gasteiger charge is -2.24. The number of nitrogens with zero attached hydrogens (tertiary/aromatic N) is 1. The van der Waals surface area contributed by atoms with Crippen LogP contribution in [-0.4, -0.2) is 5.91 Å². The van der Waals surface area contributed by atoms with Gasteiger partial charge < -0.3 is 5.32 Å². The van der Waals surface area contributed by atoms with E-state index in [0.29, 0.717) is 0 Å². The van der Waals surface area contributed by atoms with Crippen LogP contribution in [0.1, 0.15) is 25.1 Å². The summed E-state index contributed by atoms with van der Waals surface area (Å²) in [5.74, 6) is -0.243. The number of halogens is 1. The van der Waals surface area contributed by atoms with Crippen LogP contribution in [0.2, 0.25) is 0 Å². The van der Waals surface area contributed by atoms with Crippen molar-refractivity contribution in [1.82, 2.24) is 5.32 Å². The zero-order chi connectivity index (χ0) is 11.5. The first kappa shape index (κ1) is 12.2. The first-order valence-electron chi connectivity index (χ1n) is 4.38. The Hall–Kier alpha value is -0.860. The molecule has 0 atom stereocenters. The molecule has 15 heavy (non-hydrogen) atoms. The molecule has 1 rings (SSSR count). The summed E-state index contributed by atoms with van der Waals surface area (Å²) >= 11 is 4.94. The maximum atomic E-state index is 11.3. The van der Waals surface area contributed by atoms with Crippen molar-refractivity contribution < 1.29 is 4.79 Å². The number of amides is 1. The van der Waals surface area contributed by atoms with Crippen molar-refractivity contribution in [2.24, 2.45) is 0 Å². The maximum absolute atomic E-state index is 11.3. The smallest absolute Gasteiger partial charge is 0.234 e. The van der Waals surface area contributed by atoms with Crippen LogP contribution in [0.3, 0.4) is 0 Å². The zero-order valence-electron chi connectivity index (χ0n) is 8.50. The third kappa shape index (κ3) is 3.33. The molecular formula is C10H11BrN2OS. The second-order valence-electron chi connectivity index (χ2n) is 3.64. The Labute approximate surface area is 101 Å². The number of hydrogen-bond donors (Lipinski definition) is 1. The molecular weight excluding hydrogens is 276 g/mol. The summed E-state index contributed by atoms with van der Waals surface area (Å²) in [6.45, 7) is 3.83. The molecule has 0 aliphatic carbocycles. The molecule has 80 valence electrons. The molecule has 0 aromatic carbocycles. The Kier molecular flexibility index (Phi) is 3.89. The van der Waals surface area contributed by atoms with Gasteiger partial charge in [0.05, 0.1) is 11.6 Å².